The van der Waals surface area contributed by atoms with Crippen molar-refractivity contribution < 1.29 is 13.9 Å². The van der Waals surface area contributed by atoms with Crippen LogP contribution in [0.15, 0.2) is 35.5 Å². The third-order valence-corrected chi connectivity index (χ3v) is 5.87. The van der Waals surface area contributed by atoms with Gasteiger partial charge < -0.3 is 9.64 Å². The Morgan fingerprint density at radius 1 is 1.15 bits per heavy atom. The standard InChI is InChI=1S/C24H28FN5O3/c1-15-19(16-7-12-29(13-8-16)23(32)33-24(2,3)4)22(31)30(21-20(15)27-10-11-28-21)14-18-17(25)6-5-9-26-18/h5-6,9-11,16H,7-8,12-14H2,1-4H3. The van der Waals surface area contributed by atoms with Gasteiger partial charge in [0.15, 0.2) is 5.65 Å². The summed E-state index contributed by atoms with van der Waals surface area (Å²) in [4.78, 5) is 40.7. The number of amides is 1. The van der Waals surface area contributed by atoms with Crippen molar-refractivity contribution in [2.75, 3.05) is 13.1 Å². The molecule has 4 heterocycles. The van der Waals surface area contributed by atoms with Crippen molar-refractivity contribution in [3.63, 3.8) is 0 Å². The fourth-order valence-electron chi connectivity index (χ4n) is 4.31. The molecule has 174 valence electrons. The van der Waals surface area contributed by atoms with Crippen LogP contribution >= 0.6 is 0 Å². The monoisotopic (exact) mass is 453 g/mol. The lowest BCUT2D eigenvalue weighted by Gasteiger charge is -2.34. The predicted molar refractivity (Wildman–Crippen MR) is 122 cm³/mol. The maximum absolute atomic E-state index is 14.3. The van der Waals surface area contributed by atoms with Crippen LogP contribution < -0.4 is 5.56 Å². The van der Waals surface area contributed by atoms with Gasteiger partial charge in [-0.05, 0) is 64.2 Å². The first kappa shape index (κ1) is 22.8. The highest BCUT2D eigenvalue weighted by Crippen LogP contribution is 2.31. The van der Waals surface area contributed by atoms with Crippen LogP contribution in [0.5, 0.6) is 0 Å². The van der Waals surface area contributed by atoms with E-state index in [1.165, 1.54) is 29.1 Å². The number of aromatic nitrogens is 4. The average Bonchev–Trinajstić information content (AvgIpc) is 2.77. The molecule has 4 rings (SSSR count). The van der Waals surface area contributed by atoms with E-state index in [0.717, 1.165) is 5.56 Å². The Labute approximate surface area is 191 Å². The van der Waals surface area contributed by atoms with Crippen molar-refractivity contribution >= 4 is 17.3 Å². The Morgan fingerprint density at radius 3 is 2.52 bits per heavy atom. The Morgan fingerprint density at radius 2 is 1.85 bits per heavy atom. The largest absolute Gasteiger partial charge is 0.444 e. The topological polar surface area (TPSA) is 90.2 Å². The molecule has 0 saturated carbocycles. The first-order valence-electron chi connectivity index (χ1n) is 11.1. The zero-order valence-corrected chi connectivity index (χ0v) is 19.3. The Kier molecular flexibility index (Phi) is 6.14. The van der Waals surface area contributed by atoms with E-state index in [-0.39, 0.29) is 29.8 Å². The Balaban J connectivity index is 1.69. The number of carbonyl (C=O) groups excluding carboxylic acids is 1. The molecule has 1 aliphatic rings. The quantitative estimate of drug-likeness (QED) is 0.599. The summed E-state index contributed by atoms with van der Waals surface area (Å²) in [7, 11) is 0. The lowest BCUT2D eigenvalue weighted by atomic mass is 9.87. The number of nitrogens with zero attached hydrogens (tertiary/aromatic N) is 5. The van der Waals surface area contributed by atoms with E-state index >= 15 is 0 Å². The molecule has 1 aliphatic heterocycles. The zero-order valence-electron chi connectivity index (χ0n) is 19.3. The zero-order chi connectivity index (χ0) is 23.8. The van der Waals surface area contributed by atoms with Gasteiger partial charge in [-0.25, -0.2) is 14.2 Å². The van der Waals surface area contributed by atoms with Crippen molar-refractivity contribution in [1.82, 2.24) is 24.4 Å². The minimum absolute atomic E-state index is 0.0370. The number of fused-ring (bicyclic) bond motifs is 1. The summed E-state index contributed by atoms with van der Waals surface area (Å²) < 4.78 is 21.2. The van der Waals surface area contributed by atoms with Gasteiger partial charge in [0.05, 0.1) is 12.2 Å². The van der Waals surface area contributed by atoms with Gasteiger partial charge in [0.2, 0.25) is 0 Å². The lowest BCUT2D eigenvalue weighted by Crippen LogP contribution is -2.42. The molecule has 3 aromatic heterocycles. The summed E-state index contributed by atoms with van der Waals surface area (Å²) in [6, 6.07) is 2.83. The normalized spacial score (nSPS) is 15.1. The van der Waals surface area contributed by atoms with Crippen LogP contribution in [0.1, 0.15) is 56.4 Å². The fraction of sp³-hybridized carbons (Fsp3) is 0.458. The molecule has 0 radical (unpaired) electrons. The Hall–Kier alpha value is -3.36. The number of carbonyl (C=O) groups is 1. The maximum Gasteiger partial charge on any atom is 0.410 e. The van der Waals surface area contributed by atoms with E-state index < -0.39 is 11.4 Å². The number of piperidine rings is 1. The smallest absolute Gasteiger partial charge is 0.410 e. The summed E-state index contributed by atoms with van der Waals surface area (Å²) in [6.45, 7) is 8.33. The minimum atomic E-state index is -0.560. The third-order valence-electron chi connectivity index (χ3n) is 5.87. The molecule has 0 bridgehead atoms. The lowest BCUT2D eigenvalue weighted by molar-refractivity contribution is 0.0204. The number of halogens is 1. The fourth-order valence-corrected chi connectivity index (χ4v) is 4.31. The molecule has 0 atom stereocenters. The van der Waals surface area contributed by atoms with Crippen molar-refractivity contribution in [2.45, 2.75) is 58.6 Å². The molecule has 3 aromatic rings. The van der Waals surface area contributed by atoms with Gasteiger partial charge >= 0.3 is 6.09 Å². The summed E-state index contributed by atoms with van der Waals surface area (Å²) in [6.07, 6.45) is 5.51. The summed E-state index contributed by atoms with van der Waals surface area (Å²) >= 11 is 0. The second-order valence-corrected chi connectivity index (χ2v) is 9.33. The van der Waals surface area contributed by atoms with Gasteiger partial charge in [0, 0.05) is 37.2 Å². The molecule has 1 amide bonds. The first-order chi connectivity index (χ1) is 15.7. The van der Waals surface area contributed by atoms with Gasteiger partial charge in [0.1, 0.15) is 16.9 Å². The van der Waals surface area contributed by atoms with Crippen molar-refractivity contribution in [1.29, 1.82) is 0 Å². The van der Waals surface area contributed by atoms with Crippen LogP contribution in [-0.2, 0) is 11.3 Å². The molecule has 0 aromatic carbocycles. The number of ether oxygens (including phenoxy) is 1. The van der Waals surface area contributed by atoms with Gasteiger partial charge in [0.25, 0.3) is 5.56 Å². The summed E-state index contributed by atoms with van der Waals surface area (Å²) in [5.74, 6) is -0.531. The van der Waals surface area contributed by atoms with Crippen LogP contribution in [0.3, 0.4) is 0 Å². The molecule has 1 fully saturated rings. The highest BCUT2D eigenvalue weighted by molar-refractivity contribution is 5.75. The van der Waals surface area contributed by atoms with E-state index in [0.29, 0.717) is 42.7 Å². The molecular formula is C24H28FN5O3. The van der Waals surface area contributed by atoms with Crippen LogP contribution in [-0.4, -0.2) is 49.2 Å². The predicted octanol–water partition coefficient (Wildman–Crippen LogP) is 3.80. The summed E-state index contributed by atoms with van der Waals surface area (Å²) in [5, 5.41) is 0. The minimum Gasteiger partial charge on any atom is -0.444 e. The second kappa shape index (κ2) is 8.88. The summed E-state index contributed by atoms with van der Waals surface area (Å²) in [5.41, 5.74) is 1.82. The molecule has 0 N–H and O–H groups in total. The molecule has 33 heavy (non-hydrogen) atoms. The molecule has 0 aliphatic carbocycles. The highest BCUT2D eigenvalue weighted by Gasteiger charge is 2.31. The van der Waals surface area contributed by atoms with E-state index in [1.54, 1.807) is 11.1 Å². The van der Waals surface area contributed by atoms with Gasteiger partial charge in [-0.15, -0.1) is 0 Å². The van der Waals surface area contributed by atoms with Gasteiger partial charge in [-0.2, -0.15) is 0 Å². The van der Waals surface area contributed by atoms with E-state index in [1.807, 2.05) is 27.7 Å². The molecule has 0 unspecified atom stereocenters. The van der Waals surface area contributed by atoms with E-state index in [4.69, 9.17) is 4.74 Å². The van der Waals surface area contributed by atoms with E-state index in [2.05, 4.69) is 15.0 Å². The first-order valence-corrected chi connectivity index (χ1v) is 11.1. The average molecular weight is 454 g/mol. The van der Waals surface area contributed by atoms with E-state index in [9.17, 15) is 14.0 Å². The molecule has 8 nitrogen and oxygen atoms in total. The molecule has 1 saturated heterocycles. The number of likely N-dealkylation sites (tertiary alicyclic amines) is 1. The van der Waals surface area contributed by atoms with Crippen LogP contribution in [0, 0.1) is 12.7 Å². The highest BCUT2D eigenvalue weighted by atomic mass is 19.1. The van der Waals surface area contributed by atoms with Crippen LogP contribution in [0.2, 0.25) is 0 Å². The SMILES string of the molecule is Cc1c(C2CCN(C(=O)OC(C)(C)C)CC2)c(=O)n(Cc2ncccc2F)c2nccnc12. The Bertz CT molecular complexity index is 1240. The van der Waals surface area contributed by atoms with Crippen molar-refractivity contribution in [3.05, 3.63) is 63.7 Å². The second-order valence-electron chi connectivity index (χ2n) is 9.33. The molecular weight excluding hydrogens is 425 g/mol. The van der Waals surface area contributed by atoms with Crippen molar-refractivity contribution in [3.8, 4) is 0 Å². The third kappa shape index (κ3) is 4.72. The van der Waals surface area contributed by atoms with Gasteiger partial charge in [-0.3, -0.25) is 19.3 Å². The van der Waals surface area contributed by atoms with Crippen LogP contribution in [0.25, 0.3) is 11.2 Å². The number of hydrogen-bond donors (Lipinski definition) is 0. The number of rotatable bonds is 3. The molecule has 9 heteroatoms. The molecule has 0 spiro atoms. The maximum atomic E-state index is 14.3. The van der Waals surface area contributed by atoms with Crippen molar-refractivity contribution in [2.24, 2.45) is 0 Å². The van der Waals surface area contributed by atoms with Crippen LogP contribution in [0.4, 0.5) is 9.18 Å². The number of aryl methyl sites for hydroxylation is 1. The number of hydrogen-bond acceptors (Lipinski definition) is 6. The number of pyridine rings is 2. The van der Waals surface area contributed by atoms with Gasteiger partial charge in [-0.1, -0.05) is 0 Å².